The molecule has 0 bridgehead atoms. The van der Waals surface area contributed by atoms with Crippen molar-refractivity contribution >= 4 is 16.5 Å². The molecule has 5 heteroatoms. The second kappa shape index (κ2) is 7.07. The minimum Gasteiger partial charge on any atom is -0.383 e. The van der Waals surface area contributed by atoms with Gasteiger partial charge in [0.1, 0.15) is 0 Å². The summed E-state index contributed by atoms with van der Waals surface area (Å²) in [6.07, 6.45) is 2.61. The fourth-order valence-corrected chi connectivity index (χ4v) is 3.55. The van der Waals surface area contributed by atoms with E-state index in [1.165, 1.54) is 23.4 Å². The minimum absolute atomic E-state index is 0.289. The van der Waals surface area contributed by atoms with Gasteiger partial charge in [-0.3, -0.25) is 0 Å². The Balaban J connectivity index is 2.02. The monoisotopic (exact) mass is 311 g/mol. The quantitative estimate of drug-likeness (QED) is 0.748. The van der Waals surface area contributed by atoms with Crippen molar-refractivity contribution in [1.82, 2.24) is 10.3 Å². The average Bonchev–Trinajstić information content (AvgIpc) is 3.13. The van der Waals surface area contributed by atoms with E-state index < -0.39 is 0 Å². The molecule has 0 spiro atoms. The second-order valence-corrected chi connectivity index (χ2v) is 8.23. The fourth-order valence-electron chi connectivity index (χ4n) is 2.47. The molecule has 0 atom stereocenters. The third kappa shape index (κ3) is 5.24. The van der Waals surface area contributed by atoms with Crippen molar-refractivity contribution in [2.45, 2.75) is 46.1 Å². The van der Waals surface area contributed by atoms with Gasteiger partial charge in [0.15, 0.2) is 5.13 Å². The first-order valence-electron chi connectivity index (χ1n) is 7.81. The number of nitrogens with zero attached hydrogens (tertiary/aromatic N) is 2. The molecule has 0 radical (unpaired) electrons. The predicted molar refractivity (Wildman–Crippen MR) is 90.4 cm³/mol. The zero-order chi connectivity index (χ0) is 15.5. The van der Waals surface area contributed by atoms with Crippen LogP contribution in [0.15, 0.2) is 0 Å². The van der Waals surface area contributed by atoms with Crippen LogP contribution in [-0.4, -0.2) is 38.8 Å². The Hall–Kier alpha value is -0.650. The number of anilines is 1. The first kappa shape index (κ1) is 16.7. The van der Waals surface area contributed by atoms with E-state index in [1.54, 1.807) is 7.11 Å². The number of hydrogen-bond acceptors (Lipinski definition) is 5. The zero-order valence-corrected chi connectivity index (χ0v) is 14.8. The molecule has 0 amide bonds. The van der Waals surface area contributed by atoms with E-state index in [0.717, 1.165) is 31.4 Å². The molecule has 4 nitrogen and oxygen atoms in total. The topological polar surface area (TPSA) is 37.4 Å². The summed E-state index contributed by atoms with van der Waals surface area (Å²) < 4.78 is 5.09. The van der Waals surface area contributed by atoms with Gasteiger partial charge in [0.25, 0.3) is 0 Å². The fraction of sp³-hybridized carbons (Fsp3) is 0.812. The van der Waals surface area contributed by atoms with E-state index in [4.69, 9.17) is 9.72 Å². The number of ether oxygens (including phenoxy) is 1. The number of methoxy groups -OCH3 is 1. The van der Waals surface area contributed by atoms with Crippen LogP contribution in [0.4, 0.5) is 5.13 Å². The largest absolute Gasteiger partial charge is 0.383 e. The van der Waals surface area contributed by atoms with Gasteiger partial charge >= 0.3 is 0 Å². The van der Waals surface area contributed by atoms with Crippen LogP contribution >= 0.6 is 11.3 Å². The molecule has 0 saturated heterocycles. The molecule has 1 saturated carbocycles. The molecule has 1 aliphatic rings. The summed E-state index contributed by atoms with van der Waals surface area (Å²) in [5.41, 5.74) is 1.62. The third-order valence-corrected chi connectivity index (χ3v) is 4.67. The summed E-state index contributed by atoms with van der Waals surface area (Å²) >= 11 is 1.85. The summed E-state index contributed by atoms with van der Waals surface area (Å²) in [4.78, 5) is 8.64. The first-order chi connectivity index (χ1) is 9.90. The maximum atomic E-state index is 5.09. The van der Waals surface area contributed by atoms with Gasteiger partial charge in [-0.2, -0.15) is 0 Å². The lowest BCUT2D eigenvalue weighted by Crippen LogP contribution is -2.28. The predicted octanol–water partition coefficient (Wildman–Crippen LogP) is 3.24. The Morgan fingerprint density at radius 2 is 2.10 bits per heavy atom. The van der Waals surface area contributed by atoms with E-state index in [9.17, 15) is 0 Å². The van der Waals surface area contributed by atoms with Crippen LogP contribution in [0, 0.1) is 5.41 Å². The number of aromatic nitrogens is 1. The average molecular weight is 311 g/mol. The van der Waals surface area contributed by atoms with Crippen LogP contribution in [0.25, 0.3) is 0 Å². The lowest BCUT2D eigenvalue weighted by Gasteiger charge is -2.26. The zero-order valence-electron chi connectivity index (χ0n) is 14.0. The van der Waals surface area contributed by atoms with Crippen molar-refractivity contribution < 1.29 is 4.74 Å². The summed E-state index contributed by atoms with van der Waals surface area (Å²) in [6.45, 7) is 10.4. The Kier molecular flexibility index (Phi) is 5.63. The van der Waals surface area contributed by atoms with Gasteiger partial charge in [0.2, 0.25) is 0 Å². The van der Waals surface area contributed by atoms with Crippen molar-refractivity contribution in [3.05, 3.63) is 10.6 Å². The van der Waals surface area contributed by atoms with E-state index in [-0.39, 0.29) is 5.41 Å². The molecule has 0 unspecified atom stereocenters. The molecule has 1 aromatic heterocycles. The van der Waals surface area contributed by atoms with Crippen LogP contribution in [0.3, 0.4) is 0 Å². The second-order valence-electron chi connectivity index (χ2n) is 7.17. The van der Waals surface area contributed by atoms with Gasteiger partial charge in [-0.25, -0.2) is 4.98 Å². The van der Waals surface area contributed by atoms with E-state index in [0.29, 0.717) is 5.92 Å². The molecule has 21 heavy (non-hydrogen) atoms. The molecule has 1 aliphatic carbocycles. The van der Waals surface area contributed by atoms with Crippen molar-refractivity contribution in [1.29, 1.82) is 0 Å². The van der Waals surface area contributed by atoms with Crippen LogP contribution in [0.5, 0.6) is 0 Å². The SMILES string of the molecule is COCCNCc1sc(N(C)CC(C)(C)C)nc1C1CC1. The Morgan fingerprint density at radius 3 is 2.67 bits per heavy atom. The van der Waals surface area contributed by atoms with Gasteiger partial charge in [0.05, 0.1) is 12.3 Å². The normalized spacial score (nSPS) is 15.5. The van der Waals surface area contributed by atoms with Gasteiger partial charge in [-0.1, -0.05) is 20.8 Å². The number of thiazole rings is 1. The molecule has 1 fully saturated rings. The maximum Gasteiger partial charge on any atom is 0.185 e. The molecule has 0 aliphatic heterocycles. The van der Waals surface area contributed by atoms with Gasteiger partial charge in [-0.15, -0.1) is 11.3 Å². The molecular formula is C16H29N3OS. The van der Waals surface area contributed by atoms with Crippen molar-refractivity contribution in [2.24, 2.45) is 5.41 Å². The molecule has 120 valence electrons. The highest BCUT2D eigenvalue weighted by atomic mass is 32.1. The van der Waals surface area contributed by atoms with Crippen LogP contribution in [0.2, 0.25) is 0 Å². The Labute approximate surface area is 132 Å². The van der Waals surface area contributed by atoms with Crippen LogP contribution in [0.1, 0.15) is 50.1 Å². The highest BCUT2D eigenvalue weighted by molar-refractivity contribution is 7.15. The lowest BCUT2D eigenvalue weighted by molar-refractivity contribution is 0.199. The smallest absolute Gasteiger partial charge is 0.185 e. The number of hydrogen-bond donors (Lipinski definition) is 1. The summed E-state index contributed by atoms with van der Waals surface area (Å²) in [5, 5.41) is 4.62. The Bertz CT molecular complexity index is 449. The first-order valence-corrected chi connectivity index (χ1v) is 8.63. The molecule has 2 rings (SSSR count). The summed E-state index contributed by atoms with van der Waals surface area (Å²) in [5.74, 6) is 0.706. The van der Waals surface area contributed by atoms with Crippen LogP contribution in [-0.2, 0) is 11.3 Å². The van der Waals surface area contributed by atoms with Crippen molar-refractivity contribution in [2.75, 3.05) is 38.8 Å². The lowest BCUT2D eigenvalue weighted by atomic mass is 9.96. The molecule has 1 aromatic rings. The summed E-state index contributed by atoms with van der Waals surface area (Å²) in [7, 11) is 3.90. The van der Waals surface area contributed by atoms with Gasteiger partial charge < -0.3 is 15.0 Å². The van der Waals surface area contributed by atoms with Crippen molar-refractivity contribution in [3.63, 3.8) is 0 Å². The van der Waals surface area contributed by atoms with E-state index in [1.807, 2.05) is 11.3 Å². The van der Waals surface area contributed by atoms with E-state index >= 15 is 0 Å². The molecule has 1 N–H and O–H groups in total. The number of nitrogens with one attached hydrogen (secondary N) is 1. The van der Waals surface area contributed by atoms with E-state index in [2.05, 4.69) is 38.0 Å². The Morgan fingerprint density at radius 1 is 1.38 bits per heavy atom. The highest BCUT2D eigenvalue weighted by Gasteiger charge is 2.30. The highest BCUT2D eigenvalue weighted by Crippen LogP contribution is 2.44. The van der Waals surface area contributed by atoms with Gasteiger partial charge in [0, 0.05) is 44.6 Å². The molecule has 0 aromatic carbocycles. The standard InChI is InChI=1S/C16H29N3OS/c1-16(2,3)11-19(4)15-18-14(12-6-7-12)13(21-15)10-17-8-9-20-5/h12,17H,6-11H2,1-5H3. The van der Waals surface area contributed by atoms with Gasteiger partial charge in [-0.05, 0) is 18.3 Å². The molecular weight excluding hydrogens is 282 g/mol. The number of rotatable bonds is 8. The summed E-state index contributed by atoms with van der Waals surface area (Å²) in [6, 6.07) is 0. The minimum atomic E-state index is 0.289. The third-order valence-electron chi connectivity index (χ3n) is 3.49. The molecule has 1 heterocycles. The van der Waals surface area contributed by atoms with Crippen molar-refractivity contribution in [3.8, 4) is 0 Å². The maximum absolute atomic E-state index is 5.09. The van der Waals surface area contributed by atoms with Crippen LogP contribution < -0.4 is 10.2 Å².